The van der Waals surface area contributed by atoms with Gasteiger partial charge in [0, 0.05) is 5.33 Å². The summed E-state index contributed by atoms with van der Waals surface area (Å²) < 4.78 is 9.94. The van der Waals surface area contributed by atoms with Gasteiger partial charge in [-0.25, -0.2) is 0 Å². The van der Waals surface area contributed by atoms with E-state index in [1.807, 2.05) is 6.92 Å². The molecule has 1 aromatic heterocycles. The van der Waals surface area contributed by atoms with Gasteiger partial charge in [0.2, 0.25) is 0 Å². The van der Waals surface area contributed by atoms with Gasteiger partial charge in [-0.2, -0.15) is 0 Å². The third-order valence-corrected chi connectivity index (χ3v) is 1.88. The molecular formula is C7H10BrNO2. The van der Waals surface area contributed by atoms with Crippen molar-refractivity contribution in [3.05, 3.63) is 11.3 Å². The first-order chi connectivity index (χ1) is 5.29. The minimum Gasteiger partial charge on any atom is -0.479 e. The van der Waals surface area contributed by atoms with Gasteiger partial charge in [0.1, 0.15) is 5.76 Å². The van der Waals surface area contributed by atoms with Crippen LogP contribution in [-0.4, -0.2) is 17.6 Å². The standard InChI is InChI=1S/C7H10BrNO2/c1-5-6(3-4-8)7(10-2)9-11-5/h3-4H2,1-2H3. The third kappa shape index (κ3) is 1.74. The molecule has 0 radical (unpaired) electrons. The smallest absolute Gasteiger partial charge is 0.257 e. The Labute approximate surface area is 73.8 Å². The van der Waals surface area contributed by atoms with Crippen LogP contribution in [0.5, 0.6) is 5.88 Å². The first kappa shape index (κ1) is 8.59. The molecule has 0 aromatic carbocycles. The highest BCUT2D eigenvalue weighted by atomic mass is 79.9. The maximum absolute atomic E-state index is 4.99. The molecule has 0 N–H and O–H groups in total. The van der Waals surface area contributed by atoms with Gasteiger partial charge in [0.25, 0.3) is 5.88 Å². The van der Waals surface area contributed by atoms with Gasteiger partial charge in [-0.15, -0.1) is 0 Å². The van der Waals surface area contributed by atoms with Gasteiger partial charge in [0.15, 0.2) is 0 Å². The van der Waals surface area contributed by atoms with Crippen LogP contribution in [0.1, 0.15) is 11.3 Å². The van der Waals surface area contributed by atoms with Gasteiger partial charge in [-0.05, 0) is 18.5 Å². The summed E-state index contributed by atoms with van der Waals surface area (Å²) in [6.45, 7) is 1.88. The van der Waals surface area contributed by atoms with Crippen molar-refractivity contribution in [1.82, 2.24) is 5.16 Å². The Balaban J connectivity index is 2.88. The zero-order valence-electron chi connectivity index (χ0n) is 6.56. The number of aryl methyl sites for hydroxylation is 1. The Hall–Kier alpha value is -0.510. The van der Waals surface area contributed by atoms with Crippen LogP contribution in [0.4, 0.5) is 0 Å². The first-order valence-electron chi connectivity index (χ1n) is 3.34. The van der Waals surface area contributed by atoms with Crippen molar-refractivity contribution in [3.63, 3.8) is 0 Å². The van der Waals surface area contributed by atoms with Crippen molar-refractivity contribution in [2.75, 3.05) is 12.4 Å². The van der Waals surface area contributed by atoms with Gasteiger partial charge < -0.3 is 9.26 Å². The van der Waals surface area contributed by atoms with Crippen LogP contribution in [0, 0.1) is 6.92 Å². The van der Waals surface area contributed by atoms with Crippen molar-refractivity contribution in [1.29, 1.82) is 0 Å². The highest BCUT2D eigenvalue weighted by molar-refractivity contribution is 9.09. The maximum atomic E-state index is 4.99. The highest BCUT2D eigenvalue weighted by Gasteiger charge is 2.11. The van der Waals surface area contributed by atoms with Gasteiger partial charge >= 0.3 is 0 Å². The molecule has 0 unspecified atom stereocenters. The molecule has 0 aliphatic heterocycles. The summed E-state index contributed by atoms with van der Waals surface area (Å²) in [5.74, 6) is 1.43. The minimum atomic E-state index is 0.599. The molecule has 0 saturated carbocycles. The van der Waals surface area contributed by atoms with Crippen LogP contribution < -0.4 is 4.74 Å². The molecule has 11 heavy (non-hydrogen) atoms. The summed E-state index contributed by atoms with van der Waals surface area (Å²) >= 11 is 3.34. The van der Waals surface area contributed by atoms with E-state index in [0.29, 0.717) is 5.88 Å². The molecule has 1 rings (SSSR count). The molecule has 1 aromatic rings. The van der Waals surface area contributed by atoms with Gasteiger partial charge in [0.05, 0.1) is 12.7 Å². The molecule has 0 aliphatic carbocycles. The molecular weight excluding hydrogens is 210 g/mol. The molecule has 0 bridgehead atoms. The second-order valence-corrected chi connectivity index (χ2v) is 2.96. The Morgan fingerprint density at radius 2 is 2.36 bits per heavy atom. The first-order valence-corrected chi connectivity index (χ1v) is 4.46. The molecule has 62 valence electrons. The van der Waals surface area contributed by atoms with E-state index in [0.717, 1.165) is 23.1 Å². The molecule has 0 fully saturated rings. The fourth-order valence-corrected chi connectivity index (χ4v) is 1.31. The number of halogens is 1. The van der Waals surface area contributed by atoms with E-state index in [1.165, 1.54) is 0 Å². The number of hydrogen-bond acceptors (Lipinski definition) is 3. The molecule has 3 nitrogen and oxygen atoms in total. The van der Waals surface area contributed by atoms with Crippen molar-refractivity contribution >= 4 is 15.9 Å². The average molecular weight is 220 g/mol. The van der Waals surface area contributed by atoms with Crippen LogP contribution in [0.3, 0.4) is 0 Å². The summed E-state index contributed by atoms with van der Waals surface area (Å²) in [5.41, 5.74) is 1.05. The van der Waals surface area contributed by atoms with E-state index in [2.05, 4.69) is 21.1 Å². The van der Waals surface area contributed by atoms with Gasteiger partial charge in [-0.3, -0.25) is 0 Å². The lowest BCUT2D eigenvalue weighted by atomic mass is 10.2. The largest absolute Gasteiger partial charge is 0.479 e. The summed E-state index contributed by atoms with van der Waals surface area (Å²) in [7, 11) is 1.59. The number of ether oxygens (including phenoxy) is 1. The van der Waals surface area contributed by atoms with E-state index in [1.54, 1.807) is 7.11 Å². The second kappa shape index (κ2) is 3.76. The number of rotatable bonds is 3. The monoisotopic (exact) mass is 219 g/mol. The van der Waals surface area contributed by atoms with E-state index in [9.17, 15) is 0 Å². The minimum absolute atomic E-state index is 0.599. The lowest BCUT2D eigenvalue weighted by Crippen LogP contribution is -1.91. The second-order valence-electron chi connectivity index (χ2n) is 2.17. The number of methoxy groups -OCH3 is 1. The molecule has 0 saturated heterocycles. The predicted molar refractivity (Wildman–Crippen MR) is 45.3 cm³/mol. The lowest BCUT2D eigenvalue weighted by Gasteiger charge is -1.96. The van der Waals surface area contributed by atoms with Crippen LogP contribution in [0.25, 0.3) is 0 Å². The number of alkyl halides is 1. The zero-order chi connectivity index (χ0) is 8.27. The van der Waals surface area contributed by atoms with Crippen LogP contribution >= 0.6 is 15.9 Å². The summed E-state index contributed by atoms with van der Waals surface area (Å²) in [4.78, 5) is 0. The highest BCUT2D eigenvalue weighted by Crippen LogP contribution is 2.21. The Morgan fingerprint density at radius 3 is 2.91 bits per heavy atom. The fraction of sp³-hybridized carbons (Fsp3) is 0.571. The van der Waals surface area contributed by atoms with Crippen molar-refractivity contribution in [2.45, 2.75) is 13.3 Å². The van der Waals surface area contributed by atoms with E-state index < -0.39 is 0 Å². The molecule has 0 amide bonds. The molecule has 0 spiro atoms. The van der Waals surface area contributed by atoms with E-state index in [-0.39, 0.29) is 0 Å². The van der Waals surface area contributed by atoms with Crippen molar-refractivity contribution in [3.8, 4) is 5.88 Å². The Kier molecular flexibility index (Phi) is 2.93. The molecule has 0 aliphatic rings. The van der Waals surface area contributed by atoms with E-state index >= 15 is 0 Å². The SMILES string of the molecule is COc1noc(C)c1CCBr. The zero-order valence-corrected chi connectivity index (χ0v) is 8.14. The van der Waals surface area contributed by atoms with E-state index in [4.69, 9.17) is 9.26 Å². The predicted octanol–water partition coefficient (Wildman–Crippen LogP) is 1.93. The summed E-state index contributed by atoms with van der Waals surface area (Å²) in [5, 5.41) is 4.63. The number of hydrogen-bond donors (Lipinski definition) is 0. The molecule has 1 heterocycles. The van der Waals surface area contributed by atoms with Crippen LogP contribution in [0.15, 0.2) is 4.52 Å². The topological polar surface area (TPSA) is 35.3 Å². The number of nitrogens with zero attached hydrogens (tertiary/aromatic N) is 1. The molecule has 4 heteroatoms. The van der Waals surface area contributed by atoms with Crippen molar-refractivity contribution < 1.29 is 9.26 Å². The lowest BCUT2D eigenvalue weighted by molar-refractivity contribution is 0.331. The summed E-state index contributed by atoms with van der Waals surface area (Å²) in [6.07, 6.45) is 0.887. The summed E-state index contributed by atoms with van der Waals surface area (Å²) in [6, 6.07) is 0. The van der Waals surface area contributed by atoms with Gasteiger partial charge in [-0.1, -0.05) is 15.9 Å². The van der Waals surface area contributed by atoms with Crippen LogP contribution in [0.2, 0.25) is 0 Å². The quantitative estimate of drug-likeness (QED) is 0.730. The third-order valence-electron chi connectivity index (χ3n) is 1.49. The fourth-order valence-electron chi connectivity index (χ4n) is 0.909. The maximum Gasteiger partial charge on any atom is 0.257 e. The normalized spacial score (nSPS) is 10.1. The Morgan fingerprint density at radius 1 is 1.64 bits per heavy atom. The van der Waals surface area contributed by atoms with Crippen LogP contribution in [-0.2, 0) is 6.42 Å². The number of aromatic nitrogens is 1. The average Bonchev–Trinajstić information content (AvgIpc) is 2.34. The van der Waals surface area contributed by atoms with Crippen molar-refractivity contribution in [2.24, 2.45) is 0 Å². The molecule has 0 atom stereocenters. The Bertz CT molecular complexity index is 234.